The maximum absolute atomic E-state index is 13.9. The molecule has 0 aliphatic rings. The summed E-state index contributed by atoms with van der Waals surface area (Å²) in [5.74, 6) is -0.901. The van der Waals surface area contributed by atoms with Gasteiger partial charge in [-0.15, -0.1) is 0 Å². The molecule has 4 rings (SSSR count). The van der Waals surface area contributed by atoms with Crippen molar-refractivity contribution in [3.05, 3.63) is 90.3 Å². The second kappa shape index (κ2) is 9.86. The number of sulfonamides is 1. The summed E-state index contributed by atoms with van der Waals surface area (Å²) in [5.41, 5.74) is -0.703. The van der Waals surface area contributed by atoms with E-state index in [0.29, 0.717) is 16.7 Å². The Kier molecular flexibility index (Phi) is 6.84. The van der Waals surface area contributed by atoms with Crippen LogP contribution in [0.2, 0.25) is 0 Å². The average Bonchev–Trinajstić information content (AvgIpc) is 2.78. The number of alkyl halides is 3. The highest BCUT2D eigenvalue weighted by Crippen LogP contribution is 2.41. The lowest BCUT2D eigenvalue weighted by atomic mass is 10.1. The monoisotopic (exact) mass is 516 g/mol. The Labute approximate surface area is 204 Å². The summed E-state index contributed by atoms with van der Waals surface area (Å²) in [4.78, 5) is 15.9. The van der Waals surface area contributed by atoms with E-state index in [2.05, 4.69) is 4.98 Å². The highest BCUT2D eigenvalue weighted by Gasteiger charge is 2.35. The normalized spacial score (nSPS) is 11.8. The lowest BCUT2D eigenvalue weighted by Gasteiger charge is -2.16. The Morgan fingerprint density at radius 3 is 2.42 bits per heavy atom. The molecule has 0 spiro atoms. The van der Waals surface area contributed by atoms with E-state index >= 15 is 0 Å². The Bertz CT molecular complexity index is 1530. The van der Waals surface area contributed by atoms with Crippen LogP contribution in [0.4, 0.5) is 13.2 Å². The topological polar surface area (TPSA) is 94.6 Å². The third-order valence-corrected chi connectivity index (χ3v) is 5.52. The van der Waals surface area contributed by atoms with E-state index in [4.69, 9.17) is 9.47 Å². The van der Waals surface area contributed by atoms with E-state index in [-0.39, 0.29) is 17.9 Å². The van der Waals surface area contributed by atoms with Gasteiger partial charge in [0.05, 0.1) is 12.7 Å². The molecule has 11 heteroatoms. The summed E-state index contributed by atoms with van der Waals surface area (Å²) in [6.07, 6.45) is -1.04. The van der Waals surface area contributed by atoms with Gasteiger partial charge in [0.15, 0.2) is 0 Å². The molecule has 0 aliphatic carbocycles. The van der Waals surface area contributed by atoms with Crippen molar-refractivity contribution in [1.29, 1.82) is 0 Å². The molecule has 186 valence electrons. The summed E-state index contributed by atoms with van der Waals surface area (Å²) < 4.78 is 77.1. The number of rotatable bonds is 7. The number of pyridine rings is 1. The molecule has 0 bridgehead atoms. The maximum Gasteiger partial charge on any atom is 0.420 e. The predicted molar refractivity (Wildman–Crippen MR) is 126 cm³/mol. The van der Waals surface area contributed by atoms with Gasteiger partial charge in [-0.05, 0) is 53.4 Å². The lowest BCUT2D eigenvalue weighted by Crippen LogP contribution is -2.30. The van der Waals surface area contributed by atoms with E-state index in [1.807, 2.05) is 10.8 Å². The van der Waals surface area contributed by atoms with E-state index in [0.717, 1.165) is 23.8 Å². The summed E-state index contributed by atoms with van der Waals surface area (Å²) in [6, 6.07) is 16.1. The summed E-state index contributed by atoms with van der Waals surface area (Å²) >= 11 is 0. The third-order valence-electron chi connectivity index (χ3n) is 4.92. The van der Waals surface area contributed by atoms with Gasteiger partial charge in [0.25, 0.3) is 0 Å². The number of fused-ring (bicyclic) bond motifs is 1. The number of nitrogens with zero attached hydrogens (tertiary/aromatic N) is 1. The Morgan fingerprint density at radius 1 is 0.944 bits per heavy atom. The van der Waals surface area contributed by atoms with Crippen molar-refractivity contribution in [3.8, 4) is 23.0 Å². The number of nitrogens with one attached hydrogen (secondary N) is 1. The van der Waals surface area contributed by atoms with Gasteiger partial charge in [-0.2, -0.15) is 13.2 Å². The molecule has 0 fully saturated rings. The van der Waals surface area contributed by atoms with E-state index in [1.165, 1.54) is 30.3 Å². The first-order valence-electron chi connectivity index (χ1n) is 10.5. The molecule has 1 aromatic heterocycles. The van der Waals surface area contributed by atoms with Crippen LogP contribution >= 0.6 is 0 Å². The van der Waals surface area contributed by atoms with Crippen molar-refractivity contribution in [1.82, 2.24) is 9.71 Å². The molecule has 3 aromatic carbocycles. The fourth-order valence-corrected chi connectivity index (χ4v) is 3.94. The van der Waals surface area contributed by atoms with Crippen molar-refractivity contribution in [2.24, 2.45) is 0 Å². The summed E-state index contributed by atoms with van der Waals surface area (Å²) in [7, 11) is -3.73. The molecule has 4 aromatic rings. The van der Waals surface area contributed by atoms with Crippen LogP contribution in [0.3, 0.4) is 0 Å². The number of amides is 1. The molecular formula is C25H19F3N2O5S. The number of hydrogen-bond acceptors (Lipinski definition) is 6. The van der Waals surface area contributed by atoms with Gasteiger partial charge in [-0.25, -0.2) is 8.42 Å². The molecule has 1 N–H and O–H groups in total. The van der Waals surface area contributed by atoms with Gasteiger partial charge < -0.3 is 9.47 Å². The number of benzene rings is 3. The lowest BCUT2D eigenvalue weighted by molar-refractivity contribution is -0.138. The fraction of sp³-hybridized carbons (Fsp3) is 0.120. The standard InChI is InChI=1S/C25H19F3N2O5S/c1-36(32,33)30-24(31)13-16-4-2-6-18(12-16)35-23-9-8-19(14-21(23)25(26,27)28)34-22-7-3-5-17-10-11-29-15-20(17)22/h2-12,14-15H,13H2,1H3,(H,30,31). The van der Waals surface area contributed by atoms with Crippen LogP contribution in [-0.4, -0.2) is 25.6 Å². The summed E-state index contributed by atoms with van der Waals surface area (Å²) in [5, 5.41) is 1.47. The Balaban J connectivity index is 1.59. The zero-order valence-corrected chi connectivity index (χ0v) is 19.6. The zero-order valence-electron chi connectivity index (χ0n) is 18.7. The number of halogens is 3. The predicted octanol–water partition coefficient (Wildman–Crippen LogP) is 5.46. The van der Waals surface area contributed by atoms with Gasteiger partial charge in [0, 0.05) is 17.8 Å². The first-order valence-corrected chi connectivity index (χ1v) is 12.4. The minimum atomic E-state index is -4.75. The Hall–Kier alpha value is -4.12. The zero-order chi connectivity index (χ0) is 25.9. The van der Waals surface area contributed by atoms with Crippen molar-refractivity contribution < 1.29 is 35.9 Å². The SMILES string of the molecule is CS(=O)(=O)NC(=O)Cc1cccc(Oc2ccc(Oc3cccc4ccncc34)cc2C(F)(F)F)c1. The molecule has 1 heterocycles. The van der Waals surface area contributed by atoms with Crippen LogP contribution in [0, 0.1) is 0 Å². The minimum absolute atomic E-state index is 0.0407. The minimum Gasteiger partial charge on any atom is -0.457 e. The molecule has 7 nitrogen and oxygen atoms in total. The van der Waals surface area contributed by atoms with Gasteiger partial charge in [0.2, 0.25) is 15.9 Å². The smallest absolute Gasteiger partial charge is 0.420 e. The van der Waals surface area contributed by atoms with Gasteiger partial charge in [-0.1, -0.05) is 24.3 Å². The van der Waals surface area contributed by atoms with Gasteiger partial charge in [-0.3, -0.25) is 14.5 Å². The molecule has 0 radical (unpaired) electrons. The fourth-order valence-electron chi connectivity index (χ4n) is 3.46. The van der Waals surface area contributed by atoms with Crippen molar-refractivity contribution in [2.75, 3.05) is 6.26 Å². The van der Waals surface area contributed by atoms with E-state index in [9.17, 15) is 26.4 Å². The number of carbonyl (C=O) groups excluding carboxylic acids is 1. The van der Waals surface area contributed by atoms with E-state index < -0.39 is 33.4 Å². The van der Waals surface area contributed by atoms with Crippen molar-refractivity contribution >= 4 is 26.7 Å². The highest BCUT2D eigenvalue weighted by molar-refractivity contribution is 7.89. The highest BCUT2D eigenvalue weighted by atomic mass is 32.2. The van der Waals surface area contributed by atoms with E-state index in [1.54, 1.807) is 30.6 Å². The molecule has 0 unspecified atom stereocenters. The van der Waals surface area contributed by atoms with Crippen LogP contribution in [0.15, 0.2) is 79.1 Å². The third kappa shape index (κ3) is 6.30. The largest absolute Gasteiger partial charge is 0.457 e. The number of hydrogen-bond donors (Lipinski definition) is 1. The van der Waals surface area contributed by atoms with Crippen LogP contribution < -0.4 is 14.2 Å². The molecule has 36 heavy (non-hydrogen) atoms. The summed E-state index contributed by atoms with van der Waals surface area (Å²) in [6.45, 7) is 0. The number of ether oxygens (including phenoxy) is 2. The number of aromatic nitrogens is 1. The first kappa shape index (κ1) is 25.0. The second-order valence-electron chi connectivity index (χ2n) is 7.83. The number of carbonyl (C=O) groups is 1. The van der Waals surface area contributed by atoms with Gasteiger partial charge >= 0.3 is 6.18 Å². The maximum atomic E-state index is 13.9. The molecule has 0 atom stereocenters. The van der Waals surface area contributed by atoms with Crippen LogP contribution in [0.5, 0.6) is 23.0 Å². The molecule has 1 amide bonds. The Morgan fingerprint density at radius 2 is 1.67 bits per heavy atom. The van der Waals surface area contributed by atoms with Gasteiger partial charge in [0.1, 0.15) is 28.6 Å². The van der Waals surface area contributed by atoms with Crippen molar-refractivity contribution in [2.45, 2.75) is 12.6 Å². The molecule has 0 saturated heterocycles. The second-order valence-corrected chi connectivity index (χ2v) is 9.58. The van der Waals surface area contributed by atoms with Crippen LogP contribution in [0.25, 0.3) is 10.8 Å². The van der Waals surface area contributed by atoms with Crippen LogP contribution in [-0.2, 0) is 27.4 Å². The first-order chi connectivity index (χ1) is 17.0. The molecule has 0 saturated carbocycles. The average molecular weight is 516 g/mol. The van der Waals surface area contributed by atoms with Crippen molar-refractivity contribution in [3.63, 3.8) is 0 Å². The molecular weight excluding hydrogens is 497 g/mol. The molecule has 0 aliphatic heterocycles. The van der Waals surface area contributed by atoms with Crippen LogP contribution in [0.1, 0.15) is 11.1 Å². The quantitative estimate of drug-likeness (QED) is 0.351.